The molecule has 28 heavy (non-hydrogen) atoms. The van der Waals surface area contributed by atoms with E-state index in [9.17, 15) is 9.90 Å². The van der Waals surface area contributed by atoms with Gasteiger partial charge in [-0.2, -0.15) is 0 Å². The van der Waals surface area contributed by atoms with Gasteiger partial charge in [-0.15, -0.1) is 0 Å². The SMILES string of the molecule is COc1cccc(/C=C2\Oc3c(ccc(O)c3CN3CCCC(C)C3)C2=O)c1. The van der Waals surface area contributed by atoms with Gasteiger partial charge >= 0.3 is 0 Å². The Labute approximate surface area is 165 Å². The van der Waals surface area contributed by atoms with Crippen LogP contribution in [0.5, 0.6) is 17.2 Å². The summed E-state index contributed by atoms with van der Waals surface area (Å²) >= 11 is 0. The van der Waals surface area contributed by atoms with Crippen molar-refractivity contribution in [1.82, 2.24) is 4.90 Å². The summed E-state index contributed by atoms with van der Waals surface area (Å²) in [6.07, 6.45) is 4.10. The standard InChI is InChI=1S/C23H25NO4/c1-15-5-4-10-24(13-15)14-19-20(25)9-8-18-22(26)21(28-23(18)19)12-16-6-3-7-17(11-16)27-2/h3,6-9,11-12,15,25H,4-5,10,13-14H2,1-2H3/b21-12-. The third-order valence-corrected chi connectivity index (χ3v) is 5.43. The number of hydrogen-bond acceptors (Lipinski definition) is 5. The van der Waals surface area contributed by atoms with Crippen LogP contribution in [0.25, 0.3) is 6.08 Å². The number of phenols is 1. The minimum Gasteiger partial charge on any atom is -0.507 e. The van der Waals surface area contributed by atoms with Crippen LogP contribution >= 0.6 is 0 Å². The van der Waals surface area contributed by atoms with Gasteiger partial charge in [0.2, 0.25) is 5.78 Å². The van der Waals surface area contributed by atoms with E-state index in [1.807, 2.05) is 24.3 Å². The number of nitrogens with zero attached hydrogens (tertiary/aromatic N) is 1. The summed E-state index contributed by atoms with van der Waals surface area (Å²) in [4.78, 5) is 15.2. The minimum atomic E-state index is -0.161. The van der Waals surface area contributed by atoms with E-state index in [0.29, 0.717) is 29.3 Å². The molecule has 2 heterocycles. The number of benzene rings is 2. The maximum absolute atomic E-state index is 12.8. The van der Waals surface area contributed by atoms with Crippen LogP contribution in [0.3, 0.4) is 0 Å². The molecule has 0 amide bonds. The summed E-state index contributed by atoms with van der Waals surface area (Å²) in [6, 6.07) is 10.7. The fourth-order valence-electron chi connectivity index (χ4n) is 3.99. The fraction of sp³-hybridized carbons (Fsp3) is 0.348. The number of carbonyl (C=O) groups is 1. The first-order valence-corrected chi connectivity index (χ1v) is 9.70. The average Bonchev–Trinajstić information content (AvgIpc) is 3.00. The Hall–Kier alpha value is -2.79. The first-order valence-electron chi connectivity index (χ1n) is 9.70. The highest BCUT2D eigenvalue weighted by Crippen LogP contribution is 2.40. The second-order valence-electron chi connectivity index (χ2n) is 7.64. The normalized spacial score (nSPS) is 20.9. The van der Waals surface area contributed by atoms with Gasteiger partial charge in [-0.1, -0.05) is 19.1 Å². The fourth-order valence-corrected chi connectivity index (χ4v) is 3.99. The van der Waals surface area contributed by atoms with Crippen LogP contribution in [0.2, 0.25) is 0 Å². The van der Waals surface area contributed by atoms with Crippen LogP contribution in [0, 0.1) is 5.92 Å². The van der Waals surface area contributed by atoms with Crippen LogP contribution in [-0.4, -0.2) is 36.0 Å². The highest BCUT2D eigenvalue weighted by atomic mass is 16.5. The molecule has 1 fully saturated rings. The molecular weight excluding hydrogens is 354 g/mol. The molecule has 2 aliphatic heterocycles. The van der Waals surface area contributed by atoms with Gasteiger partial charge in [0.05, 0.1) is 18.2 Å². The van der Waals surface area contributed by atoms with E-state index in [0.717, 1.165) is 30.8 Å². The second-order valence-corrected chi connectivity index (χ2v) is 7.64. The van der Waals surface area contributed by atoms with Gasteiger partial charge in [-0.3, -0.25) is 9.69 Å². The summed E-state index contributed by atoms with van der Waals surface area (Å²) in [5.74, 6) is 2.12. The van der Waals surface area contributed by atoms with E-state index in [1.54, 1.807) is 25.3 Å². The lowest BCUT2D eigenvalue weighted by Gasteiger charge is -2.31. The van der Waals surface area contributed by atoms with Crippen molar-refractivity contribution < 1.29 is 19.4 Å². The van der Waals surface area contributed by atoms with Crippen LogP contribution < -0.4 is 9.47 Å². The van der Waals surface area contributed by atoms with Crippen LogP contribution in [0.1, 0.15) is 41.3 Å². The van der Waals surface area contributed by atoms with Crippen molar-refractivity contribution in [3.05, 3.63) is 58.8 Å². The first-order chi connectivity index (χ1) is 13.5. The van der Waals surface area contributed by atoms with E-state index in [4.69, 9.17) is 9.47 Å². The molecule has 146 valence electrons. The van der Waals surface area contributed by atoms with E-state index in [-0.39, 0.29) is 17.3 Å². The molecule has 4 rings (SSSR count). The number of Topliss-reactive ketones (excluding diaryl/α,β-unsaturated/α-hetero) is 1. The van der Waals surface area contributed by atoms with Crippen molar-refractivity contribution >= 4 is 11.9 Å². The predicted molar refractivity (Wildman–Crippen MR) is 108 cm³/mol. The molecule has 2 aromatic rings. The number of allylic oxidation sites excluding steroid dienone is 1. The Morgan fingerprint density at radius 3 is 2.96 bits per heavy atom. The van der Waals surface area contributed by atoms with E-state index >= 15 is 0 Å². The highest BCUT2D eigenvalue weighted by molar-refractivity contribution is 6.15. The Bertz CT molecular complexity index is 934. The van der Waals surface area contributed by atoms with Crippen LogP contribution in [0.4, 0.5) is 0 Å². The van der Waals surface area contributed by atoms with Crippen molar-refractivity contribution in [3.8, 4) is 17.2 Å². The monoisotopic (exact) mass is 379 g/mol. The van der Waals surface area contributed by atoms with E-state index in [1.165, 1.54) is 6.42 Å². The Kier molecular flexibility index (Phi) is 5.09. The zero-order chi connectivity index (χ0) is 19.7. The van der Waals surface area contributed by atoms with Crippen LogP contribution in [-0.2, 0) is 6.54 Å². The lowest BCUT2D eigenvalue weighted by Crippen LogP contribution is -2.33. The number of ether oxygens (including phenoxy) is 2. The van der Waals surface area contributed by atoms with E-state index in [2.05, 4.69) is 11.8 Å². The Morgan fingerprint density at radius 1 is 1.32 bits per heavy atom. The van der Waals surface area contributed by atoms with Gasteiger partial charge in [0.15, 0.2) is 5.76 Å². The summed E-state index contributed by atoms with van der Waals surface area (Å²) in [5.41, 5.74) is 2.02. The molecule has 1 unspecified atom stereocenters. The average molecular weight is 379 g/mol. The lowest BCUT2D eigenvalue weighted by atomic mass is 9.99. The minimum absolute atomic E-state index is 0.161. The number of piperidine rings is 1. The summed E-state index contributed by atoms with van der Waals surface area (Å²) in [5, 5.41) is 10.4. The molecule has 1 saturated heterocycles. The second kappa shape index (κ2) is 7.68. The molecule has 0 radical (unpaired) electrons. The zero-order valence-corrected chi connectivity index (χ0v) is 16.3. The van der Waals surface area contributed by atoms with Gasteiger partial charge in [-0.25, -0.2) is 0 Å². The molecule has 0 saturated carbocycles. The number of likely N-dealkylation sites (tertiary alicyclic amines) is 1. The Balaban J connectivity index is 1.63. The number of ketones is 1. The number of hydrogen-bond donors (Lipinski definition) is 1. The zero-order valence-electron chi connectivity index (χ0n) is 16.3. The maximum atomic E-state index is 12.8. The molecule has 0 bridgehead atoms. The quantitative estimate of drug-likeness (QED) is 0.805. The lowest BCUT2D eigenvalue weighted by molar-refractivity contribution is 0.101. The molecule has 2 aromatic carbocycles. The maximum Gasteiger partial charge on any atom is 0.231 e. The van der Waals surface area contributed by atoms with Gasteiger partial charge in [0.25, 0.3) is 0 Å². The van der Waals surface area contributed by atoms with Crippen molar-refractivity contribution in [2.24, 2.45) is 5.92 Å². The third-order valence-electron chi connectivity index (χ3n) is 5.43. The van der Waals surface area contributed by atoms with Gasteiger partial charge in [-0.05, 0) is 61.2 Å². The topological polar surface area (TPSA) is 59.0 Å². The van der Waals surface area contributed by atoms with E-state index < -0.39 is 0 Å². The number of aromatic hydroxyl groups is 1. The molecule has 0 spiro atoms. The molecule has 1 N–H and O–H groups in total. The summed E-state index contributed by atoms with van der Waals surface area (Å²) in [6.45, 7) is 4.81. The van der Waals surface area contributed by atoms with Crippen molar-refractivity contribution in [2.45, 2.75) is 26.3 Å². The van der Waals surface area contributed by atoms with Gasteiger partial charge < -0.3 is 14.6 Å². The molecule has 0 aromatic heterocycles. The number of rotatable bonds is 4. The van der Waals surface area contributed by atoms with Crippen molar-refractivity contribution in [2.75, 3.05) is 20.2 Å². The highest BCUT2D eigenvalue weighted by Gasteiger charge is 2.32. The molecule has 0 aliphatic carbocycles. The summed E-state index contributed by atoms with van der Waals surface area (Å²) < 4.78 is 11.2. The Morgan fingerprint density at radius 2 is 2.18 bits per heavy atom. The van der Waals surface area contributed by atoms with Crippen LogP contribution in [0.15, 0.2) is 42.2 Å². The van der Waals surface area contributed by atoms with Crippen molar-refractivity contribution in [3.63, 3.8) is 0 Å². The number of fused-ring (bicyclic) bond motifs is 1. The molecule has 5 heteroatoms. The number of phenolic OH excluding ortho intramolecular Hbond substituents is 1. The third kappa shape index (κ3) is 3.62. The van der Waals surface area contributed by atoms with Gasteiger partial charge in [0.1, 0.15) is 17.2 Å². The molecule has 1 atom stereocenters. The molecule has 5 nitrogen and oxygen atoms in total. The van der Waals surface area contributed by atoms with Gasteiger partial charge in [0, 0.05) is 13.1 Å². The molecular formula is C23H25NO4. The first kappa shape index (κ1) is 18.6. The molecule has 2 aliphatic rings. The van der Waals surface area contributed by atoms with Crippen molar-refractivity contribution in [1.29, 1.82) is 0 Å². The number of carbonyl (C=O) groups excluding carboxylic acids is 1. The smallest absolute Gasteiger partial charge is 0.231 e. The largest absolute Gasteiger partial charge is 0.507 e. The predicted octanol–water partition coefficient (Wildman–Crippen LogP) is 4.25. The number of methoxy groups -OCH3 is 1. The summed E-state index contributed by atoms with van der Waals surface area (Å²) in [7, 11) is 1.61.